The van der Waals surface area contributed by atoms with Gasteiger partial charge in [0.05, 0.1) is 20.3 Å². The van der Waals surface area contributed by atoms with Gasteiger partial charge in [-0.3, -0.25) is 4.79 Å². The minimum atomic E-state index is -0.637. The van der Waals surface area contributed by atoms with Crippen molar-refractivity contribution in [2.45, 2.75) is 24.9 Å². The van der Waals surface area contributed by atoms with Gasteiger partial charge in [-0.25, -0.2) is 4.39 Å². The third-order valence-corrected chi connectivity index (χ3v) is 4.23. The summed E-state index contributed by atoms with van der Waals surface area (Å²) in [6.45, 7) is 0.872. The number of hydrogen-bond donors (Lipinski definition) is 1. The molecule has 0 spiro atoms. The smallest absolute Gasteiger partial charge is 0.223 e. The Morgan fingerprint density at radius 3 is 2.77 bits per heavy atom. The molecule has 0 aromatic heterocycles. The molecule has 1 heterocycles. The van der Waals surface area contributed by atoms with Crippen molar-refractivity contribution in [3.8, 4) is 5.75 Å². The Labute approximate surface area is 129 Å². The Morgan fingerprint density at radius 1 is 1.45 bits per heavy atom. The van der Waals surface area contributed by atoms with Crippen LogP contribution < -0.4 is 4.74 Å². The quantitative estimate of drug-likeness (QED) is 0.862. The van der Waals surface area contributed by atoms with Gasteiger partial charge in [0.15, 0.2) is 11.6 Å². The van der Waals surface area contributed by atoms with Crippen LogP contribution in [0.25, 0.3) is 0 Å². The molecule has 0 aliphatic carbocycles. The van der Waals surface area contributed by atoms with Crippen LogP contribution in [-0.4, -0.2) is 55.4 Å². The van der Waals surface area contributed by atoms with Crippen LogP contribution in [0, 0.1) is 5.82 Å². The SMILES string of the molecule is COc1ccc(CCC(=O)N2CCC(CO)(OC)C2)cc1F. The Balaban J connectivity index is 1.90. The number of methoxy groups -OCH3 is 2. The van der Waals surface area contributed by atoms with Crippen molar-refractivity contribution in [1.82, 2.24) is 4.90 Å². The van der Waals surface area contributed by atoms with Gasteiger partial charge in [0, 0.05) is 20.1 Å². The number of carbonyl (C=O) groups is 1. The van der Waals surface area contributed by atoms with Crippen LogP contribution in [0.1, 0.15) is 18.4 Å². The average molecular weight is 311 g/mol. The summed E-state index contributed by atoms with van der Waals surface area (Å²) in [5.41, 5.74) is 0.119. The second-order valence-electron chi connectivity index (χ2n) is 5.58. The van der Waals surface area contributed by atoms with E-state index in [1.165, 1.54) is 13.2 Å². The first-order chi connectivity index (χ1) is 10.5. The Morgan fingerprint density at radius 2 is 2.23 bits per heavy atom. The van der Waals surface area contributed by atoms with Crippen molar-refractivity contribution in [2.24, 2.45) is 0 Å². The summed E-state index contributed by atoms with van der Waals surface area (Å²) in [5.74, 6) is -0.238. The predicted octanol–water partition coefficient (Wildman–Crippen LogP) is 1.38. The van der Waals surface area contributed by atoms with E-state index in [1.807, 2.05) is 0 Å². The van der Waals surface area contributed by atoms with Gasteiger partial charge in [-0.1, -0.05) is 6.07 Å². The van der Waals surface area contributed by atoms with Gasteiger partial charge in [0.1, 0.15) is 5.60 Å². The average Bonchev–Trinajstić information content (AvgIpc) is 2.98. The summed E-state index contributed by atoms with van der Waals surface area (Å²) in [7, 11) is 2.96. The minimum Gasteiger partial charge on any atom is -0.494 e. The molecule has 22 heavy (non-hydrogen) atoms. The lowest BCUT2D eigenvalue weighted by atomic mass is 10.1. The molecule has 1 N–H and O–H groups in total. The molecule has 5 nitrogen and oxygen atoms in total. The van der Waals surface area contributed by atoms with Gasteiger partial charge in [-0.05, 0) is 30.5 Å². The molecule has 1 aromatic rings. The number of aliphatic hydroxyl groups excluding tert-OH is 1. The maximum absolute atomic E-state index is 13.6. The van der Waals surface area contributed by atoms with Gasteiger partial charge in [0.2, 0.25) is 5.91 Å². The molecule has 0 bridgehead atoms. The first kappa shape index (κ1) is 16.7. The molecule has 1 saturated heterocycles. The number of aryl methyl sites for hydroxylation is 1. The Bertz CT molecular complexity index is 531. The van der Waals surface area contributed by atoms with E-state index in [0.29, 0.717) is 32.4 Å². The molecule has 1 unspecified atom stereocenters. The molecule has 1 fully saturated rings. The molecule has 122 valence electrons. The van der Waals surface area contributed by atoms with Crippen LogP contribution in [0.5, 0.6) is 5.75 Å². The molecule has 1 aromatic carbocycles. The number of rotatable bonds is 6. The van der Waals surface area contributed by atoms with Gasteiger partial charge >= 0.3 is 0 Å². The number of halogens is 1. The van der Waals surface area contributed by atoms with Crippen LogP contribution in [0.15, 0.2) is 18.2 Å². The lowest BCUT2D eigenvalue weighted by Gasteiger charge is -2.25. The number of hydrogen-bond acceptors (Lipinski definition) is 4. The van der Waals surface area contributed by atoms with Crippen molar-refractivity contribution < 1.29 is 23.8 Å². The minimum absolute atomic E-state index is 0.0106. The highest BCUT2D eigenvalue weighted by molar-refractivity contribution is 5.77. The summed E-state index contributed by atoms with van der Waals surface area (Å²) in [6.07, 6.45) is 1.40. The molecule has 2 rings (SSSR count). The van der Waals surface area contributed by atoms with Crippen molar-refractivity contribution in [2.75, 3.05) is 33.9 Å². The number of benzene rings is 1. The number of likely N-dealkylation sites (tertiary alicyclic amines) is 1. The highest BCUT2D eigenvalue weighted by atomic mass is 19.1. The molecule has 1 amide bonds. The standard InChI is InChI=1S/C16H22FNO4/c1-21-14-5-3-12(9-13(14)17)4-6-15(20)18-8-7-16(10-18,11-19)22-2/h3,5,9,19H,4,6-8,10-11H2,1-2H3. The third-order valence-electron chi connectivity index (χ3n) is 4.23. The largest absolute Gasteiger partial charge is 0.494 e. The summed E-state index contributed by atoms with van der Waals surface area (Å²) in [5, 5.41) is 9.39. The predicted molar refractivity (Wildman–Crippen MR) is 79.3 cm³/mol. The summed E-state index contributed by atoms with van der Waals surface area (Å²) >= 11 is 0. The lowest BCUT2D eigenvalue weighted by molar-refractivity contribution is -0.131. The summed E-state index contributed by atoms with van der Waals surface area (Å²) in [6, 6.07) is 4.71. The Kier molecular flexibility index (Phi) is 5.37. The Hall–Kier alpha value is -1.66. The van der Waals surface area contributed by atoms with Crippen molar-refractivity contribution in [3.63, 3.8) is 0 Å². The van der Waals surface area contributed by atoms with Gasteiger partial charge < -0.3 is 19.5 Å². The highest BCUT2D eigenvalue weighted by Gasteiger charge is 2.39. The highest BCUT2D eigenvalue weighted by Crippen LogP contribution is 2.25. The van der Waals surface area contributed by atoms with Crippen LogP contribution >= 0.6 is 0 Å². The van der Waals surface area contributed by atoms with E-state index in [4.69, 9.17) is 9.47 Å². The molecular formula is C16H22FNO4. The number of ether oxygens (including phenoxy) is 2. The molecule has 0 saturated carbocycles. The van der Waals surface area contributed by atoms with Crippen molar-refractivity contribution >= 4 is 5.91 Å². The number of amides is 1. The molecule has 1 aliphatic rings. The molecule has 1 atom stereocenters. The van der Waals surface area contributed by atoms with E-state index >= 15 is 0 Å². The van der Waals surface area contributed by atoms with E-state index in [1.54, 1.807) is 24.1 Å². The van der Waals surface area contributed by atoms with Gasteiger partial charge in [-0.15, -0.1) is 0 Å². The van der Waals surface area contributed by atoms with Crippen molar-refractivity contribution in [1.29, 1.82) is 0 Å². The fraction of sp³-hybridized carbons (Fsp3) is 0.562. The van der Waals surface area contributed by atoms with Crippen LogP contribution in [0.4, 0.5) is 4.39 Å². The molecule has 1 aliphatic heterocycles. The van der Waals surface area contributed by atoms with E-state index in [2.05, 4.69) is 0 Å². The van der Waals surface area contributed by atoms with Crippen LogP contribution in [0.2, 0.25) is 0 Å². The fourth-order valence-electron chi connectivity index (χ4n) is 2.69. The molecule has 0 radical (unpaired) electrons. The van der Waals surface area contributed by atoms with Gasteiger partial charge in [0.25, 0.3) is 0 Å². The van der Waals surface area contributed by atoms with Crippen LogP contribution in [-0.2, 0) is 16.0 Å². The summed E-state index contributed by atoms with van der Waals surface area (Å²) in [4.78, 5) is 13.9. The second-order valence-corrected chi connectivity index (χ2v) is 5.58. The maximum atomic E-state index is 13.6. The van der Waals surface area contributed by atoms with E-state index in [-0.39, 0.29) is 18.3 Å². The second kappa shape index (κ2) is 7.07. The number of carbonyl (C=O) groups excluding carboxylic acids is 1. The van der Waals surface area contributed by atoms with E-state index in [0.717, 1.165) is 5.56 Å². The van der Waals surface area contributed by atoms with E-state index < -0.39 is 11.4 Å². The van der Waals surface area contributed by atoms with Crippen molar-refractivity contribution in [3.05, 3.63) is 29.6 Å². The zero-order chi connectivity index (χ0) is 16.2. The zero-order valence-corrected chi connectivity index (χ0v) is 13.0. The number of aliphatic hydroxyl groups is 1. The lowest BCUT2D eigenvalue weighted by Crippen LogP contribution is -2.40. The monoisotopic (exact) mass is 311 g/mol. The number of nitrogens with zero attached hydrogens (tertiary/aromatic N) is 1. The van der Waals surface area contributed by atoms with E-state index in [9.17, 15) is 14.3 Å². The molecule has 6 heteroatoms. The summed E-state index contributed by atoms with van der Waals surface area (Å²) < 4.78 is 23.8. The first-order valence-electron chi connectivity index (χ1n) is 7.30. The maximum Gasteiger partial charge on any atom is 0.223 e. The normalized spacial score (nSPS) is 21.2. The topological polar surface area (TPSA) is 59.0 Å². The molecular weight excluding hydrogens is 289 g/mol. The van der Waals surface area contributed by atoms with Gasteiger partial charge in [-0.2, -0.15) is 0 Å². The zero-order valence-electron chi connectivity index (χ0n) is 13.0. The van der Waals surface area contributed by atoms with Crippen LogP contribution in [0.3, 0.4) is 0 Å². The fourth-order valence-corrected chi connectivity index (χ4v) is 2.69. The third kappa shape index (κ3) is 3.56. The first-order valence-corrected chi connectivity index (χ1v) is 7.30.